The number of halogens is 1. The Labute approximate surface area is 109 Å². The molecule has 6 heteroatoms. The minimum absolute atomic E-state index is 0.209. The maximum atomic E-state index is 5.90. The van der Waals surface area contributed by atoms with Crippen LogP contribution in [-0.4, -0.2) is 26.4 Å². The number of rotatable bonds is 2. The molecule has 1 aromatic heterocycles. The molecule has 90 valence electrons. The van der Waals surface area contributed by atoms with Crippen LogP contribution in [0.5, 0.6) is 0 Å². The molecular weight excluding hydrogens is 264 g/mol. The number of aromatic nitrogens is 2. The summed E-state index contributed by atoms with van der Waals surface area (Å²) in [6, 6.07) is 0. The van der Waals surface area contributed by atoms with Crippen molar-refractivity contribution in [2.75, 3.05) is 5.75 Å². The Morgan fingerprint density at radius 2 is 2.19 bits per heavy atom. The first kappa shape index (κ1) is 12.6. The predicted molar refractivity (Wildman–Crippen MR) is 70.3 cm³/mol. The van der Waals surface area contributed by atoms with Crippen LogP contribution in [0.15, 0.2) is 4.52 Å². The van der Waals surface area contributed by atoms with E-state index < -0.39 is 0 Å². The van der Waals surface area contributed by atoms with Crippen LogP contribution < -0.4 is 0 Å². The van der Waals surface area contributed by atoms with Gasteiger partial charge in [-0.2, -0.15) is 16.7 Å². The van der Waals surface area contributed by atoms with Crippen molar-refractivity contribution in [3.8, 4) is 0 Å². The van der Waals surface area contributed by atoms with Crippen molar-refractivity contribution in [2.24, 2.45) is 0 Å². The van der Waals surface area contributed by atoms with Crippen LogP contribution >= 0.6 is 35.1 Å². The van der Waals surface area contributed by atoms with Crippen molar-refractivity contribution in [1.29, 1.82) is 0 Å². The highest BCUT2D eigenvalue weighted by Gasteiger charge is 2.30. The molecule has 0 bridgehead atoms. The number of hydrogen-bond donors (Lipinski definition) is 0. The van der Waals surface area contributed by atoms with Crippen molar-refractivity contribution in [2.45, 2.75) is 41.9 Å². The van der Waals surface area contributed by atoms with Gasteiger partial charge in [0, 0.05) is 16.3 Å². The molecule has 1 saturated heterocycles. The van der Waals surface area contributed by atoms with Crippen LogP contribution in [0.3, 0.4) is 0 Å². The second kappa shape index (κ2) is 5.19. The Morgan fingerprint density at radius 1 is 1.44 bits per heavy atom. The molecule has 0 aromatic carbocycles. The highest BCUT2D eigenvalue weighted by molar-refractivity contribution is 8.07. The largest absolute Gasteiger partial charge is 0.338 e. The Morgan fingerprint density at radius 3 is 2.75 bits per heavy atom. The van der Waals surface area contributed by atoms with E-state index in [1.165, 1.54) is 0 Å². The van der Waals surface area contributed by atoms with E-state index in [1.54, 1.807) is 0 Å². The third kappa shape index (κ3) is 2.68. The first-order chi connectivity index (χ1) is 7.58. The zero-order chi connectivity index (χ0) is 11.7. The van der Waals surface area contributed by atoms with Crippen molar-refractivity contribution >= 4 is 35.1 Å². The van der Waals surface area contributed by atoms with Gasteiger partial charge in [-0.05, 0) is 6.92 Å². The molecule has 1 aliphatic heterocycles. The van der Waals surface area contributed by atoms with Gasteiger partial charge >= 0.3 is 0 Å². The van der Waals surface area contributed by atoms with E-state index in [2.05, 4.69) is 24.0 Å². The molecule has 2 heterocycles. The maximum Gasteiger partial charge on any atom is 0.244 e. The summed E-state index contributed by atoms with van der Waals surface area (Å²) < 4.78 is 5.13. The second-order valence-corrected chi connectivity index (χ2v) is 7.62. The summed E-state index contributed by atoms with van der Waals surface area (Å²) in [6.45, 7) is 6.35. The Hall–Kier alpha value is 0.130. The van der Waals surface area contributed by atoms with E-state index in [4.69, 9.17) is 16.1 Å². The molecular formula is C10H15ClN2OS2. The smallest absolute Gasteiger partial charge is 0.244 e. The minimum atomic E-state index is -0.209. The second-order valence-electron chi connectivity index (χ2n) is 3.98. The molecule has 0 amide bonds. The highest BCUT2D eigenvalue weighted by atomic mass is 35.5. The molecule has 0 saturated carbocycles. The van der Waals surface area contributed by atoms with Crippen molar-refractivity contribution in [3.05, 3.63) is 11.7 Å². The van der Waals surface area contributed by atoms with E-state index in [-0.39, 0.29) is 5.38 Å². The van der Waals surface area contributed by atoms with Gasteiger partial charge in [0.05, 0.1) is 5.25 Å². The van der Waals surface area contributed by atoms with Crippen LogP contribution in [0.25, 0.3) is 0 Å². The summed E-state index contributed by atoms with van der Waals surface area (Å²) >= 11 is 9.79. The number of hydrogen-bond acceptors (Lipinski definition) is 5. The quantitative estimate of drug-likeness (QED) is 0.772. The fourth-order valence-corrected chi connectivity index (χ4v) is 4.38. The van der Waals surface area contributed by atoms with Crippen LogP contribution in [0.2, 0.25) is 0 Å². The SMILES string of the molecule is CC(Cl)c1nc(C2CSC(C)C(C)S2)no1. The lowest BCUT2D eigenvalue weighted by Gasteiger charge is -2.29. The van der Waals surface area contributed by atoms with E-state index >= 15 is 0 Å². The first-order valence-electron chi connectivity index (χ1n) is 5.32. The number of thioether (sulfide) groups is 2. The minimum Gasteiger partial charge on any atom is -0.338 e. The molecule has 0 aliphatic carbocycles. The van der Waals surface area contributed by atoms with Crippen molar-refractivity contribution in [1.82, 2.24) is 10.1 Å². The highest BCUT2D eigenvalue weighted by Crippen LogP contribution is 2.43. The lowest BCUT2D eigenvalue weighted by Crippen LogP contribution is -2.22. The normalized spacial score (nSPS) is 32.6. The monoisotopic (exact) mass is 278 g/mol. The van der Waals surface area contributed by atoms with Crippen LogP contribution in [0.1, 0.15) is 43.1 Å². The molecule has 3 nitrogen and oxygen atoms in total. The van der Waals surface area contributed by atoms with E-state index in [0.29, 0.717) is 21.6 Å². The van der Waals surface area contributed by atoms with Crippen LogP contribution in [0, 0.1) is 0 Å². The fraction of sp³-hybridized carbons (Fsp3) is 0.800. The molecule has 4 unspecified atom stereocenters. The lowest BCUT2D eigenvalue weighted by molar-refractivity contribution is 0.374. The molecule has 16 heavy (non-hydrogen) atoms. The molecule has 1 fully saturated rings. The van der Waals surface area contributed by atoms with Gasteiger partial charge in [-0.25, -0.2) is 0 Å². The van der Waals surface area contributed by atoms with E-state index in [9.17, 15) is 0 Å². The van der Waals surface area contributed by atoms with Gasteiger partial charge in [0.1, 0.15) is 5.38 Å². The summed E-state index contributed by atoms with van der Waals surface area (Å²) in [4.78, 5) is 4.35. The standard InChI is InChI=1S/C10H15ClN2OS2/c1-5(11)10-12-9(13-14-10)8-4-15-6(2)7(3)16-8/h5-8H,4H2,1-3H3. The van der Waals surface area contributed by atoms with Gasteiger partial charge in [-0.3, -0.25) is 0 Å². The fourth-order valence-electron chi connectivity index (χ4n) is 1.46. The summed E-state index contributed by atoms with van der Waals surface area (Å²) in [5.41, 5.74) is 0. The van der Waals surface area contributed by atoms with Gasteiger partial charge in [0.25, 0.3) is 0 Å². The molecule has 0 N–H and O–H groups in total. The molecule has 1 aliphatic rings. The van der Waals surface area contributed by atoms with Crippen LogP contribution in [-0.2, 0) is 0 Å². The first-order valence-corrected chi connectivity index (χ1v) is 7.75. The van der Waals surface area contributed by atoms with Gasteiger partial charge < -0.3 is 4.52 Å². The van der Waals surface area contributed by atoms with Gasteiger partial charge in [0.15, 0.2) is 5.82 Å². The Bertz CT molecular complexity index is 358. The zero-order valence-corrected chi connectivity index (χ0v) is 11.9. The third-order valence-electron chi connectivity index (χ3n) is 2.64. The molecule has 2 rings (SSSR count). The summed E-state index contributed by atoms with van der Waals surface area (Å²) in [6.07, 6.45) is 0. The van der Waals surface area contributed by atoms with E-state index in [1.807, 2.05) is 30.4 Å². The predicted octanol–water partition coefficient (Wildman–Crippen LogP) is 3.67. The molecule has 4 atom stereocenters. The van der Waals surface area contributed by atoms with Crippen molar-refractivity contribution < 1.29 is 4.52 Å². The third-order valence-corrected chi connectivity index (χ3v) is 6.21. The Kier molecular flexibility index (Phi) is 4.08. The molecule has 1 aromatic rings. The lowest BCUT2D eigenvalue weighted by atomic mass is 10.3. The van der Waals surface area contributed by atoms with E-state index in [0.717, 1.165) is 11.6 Å². The van der Waals surface area contributed by atoms with Crippen LogP contribution in [0.4, 0.5) is 0 Å². The number of nitrogens with zero attached hydrogens (tertiary/aromatic N) is 2. The summed E-state index contributed by atoms with van der Waals surface area (Å²) in [7, 11) is 0. The molecule has 0 spiro atoms. The number of alkyl halides is 1. The van der Waals surface area contributed by atoms with Gasteiger partial charge in [-0.15, -0.1) is 23.4 Å². The summed E-state index contributed by atoms with van der Waals surface area (Å²) in [5, 5.41) is 5.46. The van der Waals surface area contributed by atoms with Gasteiger partial charge in [-0.1, -0.05) is 19.0 Å². The average molecular weight is 279 g/mol. The average Bonchev–Trinajstić information content (AvgIpc) is 2.71. The molecule has 0 radical (unpaired) electrons. The summed E-state index contributed by atoms with van der Waals surface area (Å²) in [5.74, 6) is 2.36. The van der Waals surface area contributed by atoms with Gasteiger partial charge in [0.2, 0.25) is 5.89 Å². The topological polar surface area (TPSA) is 38.9 Å². The zero-order valence-electron chi connectivity index (χ0n) is 9.51. The maximum absolute atomic E-state index is 5.90. The Balaban J connectivity index is 2.07. The van der Waals surface area contributed by atoms with Crippen molar-refractivity contribution in [3.63, 3.8) is 0 Å².